The van der Waals surface area contributed by atoms with Crippen molar-refractivity contribution in [1.82, 2.24) is 13.7 Å². The summed E-state index contributed by atoms with van der Waals surface area (Å²) in [6.45, 7) is 2.09. The molecule has 80 valence electrons. The van der Waals surface area contributed by atoms with E-state index in [9.17, 15) is 0 Å². The SMILES string of the molecule is CC#CCOc1nsnc1-c1ccccn1. The van der Waals surface area contributed by atoms with E-state index in [-0.39, 0.29) is 0 Å². The van der Waals surface area contributed by atoms with Crippen LogP contribution in [-0.2, 0) is 0 Å². The van der Waals surface area contributed by atoms with Gasteiger partial charge in [0.1, 0.15) is 0 Å². The number of rotatable bonds is 3. The number of nitrogens with zero attached hydrogens (tertiary/aromatic N) is 3. The summed E-state index contributed by atoms with van der Waals surface area (Å²) in [5.74, 6) is 6.06. The third-order valence-corrected chi connectivity index (χ3v) is 2.34. The molecule has 4 nitrogen and oxygen atoms in total. The summed E-state index contributed by atoms with van der Waals surface area (Å²) in [7, 11) is 0. The molecule has 0 unspecified atom stereocenters. The molecule has 2 heterocycles. The van der Waals surface area contributed by atoms with Crippen LogP contribution in [0.15, 0.2) is 24.4 Å². The normalized spacial score (nSPS) is 9.31. The molecule has 0 amide bonds. The van der Waals surface area contributed by atoms with Gasteiger partial charge < -0.3 is 4.74 Å². The summed E-state index contributed by atoms with van der Waals surface area (Å²) >= 11 is 1.11. The quantitative estimate of drug-likeness (QED) is 0.758. The summed E-state index contributed by atoms with van der Waals surface area (Å²) < 4.78 is 13.6. The predicted molar refractivity (Wildman–Crippen MR) is 62.1 cm³/mol. The Morgan fingerprint density at radius 3 is 3.06 bits per heavy atom. The maximum absolute atomic E-state index is 5.40. The first-order chi connectivity index (χ1) is 7.92. The Labute approximate surface area is 97.6 Å². The van der Waals surface area contributed by atoms with Gasteiger partial charge in [-0.2, -0.15) is 4.37 Å². The molecule has 2 rings (SSSR count). The first-order valence-corrected chi connectivity index (χ1v) is 5.41. The lowest BCUT2D eigenvalue weighted by Gasteiger charge is -1.99. The molecule has 0 fully saturated rings. The van der Waals surface area contributed by atoms with Gasteiger partial charge in [-0.1, -0.05) is 12.0 Å². The first-order valence-electron chi connectivity index (χ1n) is 4.68. The van der Waals surface area contributed by atoms with E-state index < -0.39 is 0 Å². The Balaban J connectivity index is 2.21. The van der Waals surface area contributed by atoms with E-state index in [4.69, 9.17) is 4.74 Å². The Morgan fingerprint density at radius 2 is 2.31 bits per heavy atom. The zero-order chi connectivity index (χ0) is 11.2. The van der Waals surface area contributed by atoms with Crippen molar-refractivity contribution in [3.8, 4) is 29.1 Å². The maximum atomic E-state index is 5.40. The van der Waals surface area contributed by atoms with Crippen molar-refractivity contribution in [2.24, 2.45) is 0 Å². The van der Waals surface area contributed by atoms with Crippen LogP contribution in [0, 0.1) is 11.8 Å². The highest BCUT2D eigenvalue weighted by molar-refractivity contribution is 6.99. The minimum absolute atomic E-state index is 0.321. The highest BCUT2D eigenvalue weighted by atomic mass is 32.1. The number of hydrogen-bond acceptors (Lipinski definition) is 5. The molecule has 0 spiro atoms. The summed E-state index contributed by atoms with van der Waals surface area (Å²) in [6.07, 6.45) is 1.71. The summed E-state index contributed by atoms with van der Waals surface area (Å²) in [6, 6.07) is 5.62. The Bertz CT molecular complexity index is 513. The topological polar surface area (TPSA) is 47.9 Å². The van der Waals surface area contributed by atoms with Crippen LogP contribution < -0.4 is 4.74 Å². The zero-order valence-electron chi connectivity index (χ0n) is 8.67. The fourth-order valence-corrected chi connectivity index (χ4v) is 1.62. The van der Waals surface area contributed by atoms with Gasteiger partial charge in [-0.25, -0.2) is 0 Å². The van der Waals surface area contributed by atoms with Crippen LogP contribution >= 0.6 is 11.7 Å². The lowest BCUT2D eigenvalue weighted by atomic mass is 10.3. The van der Waals surface area contributed by atoms with Crippen LogP contribution in [0.1, 0.15) is 6.92 Å². The number of pyridine rings is 1. The van der Waals surface area contributed by atoms with Crippen LogP contribution in [0.2, 0.25) is 0 Å². The third kappa shape index (κ3) is 2.35. The maximum Gasteiger partial charge on any atom is 0.256 e. The minimum Gasteiger partial charge on any atom is -0.462 e. The van der Waals surface area contributed by atoms with E-state index in [1.807, 2.05) is 18.2 Å². The molecule has 2 aromatic rings. The molecule has 2 aromatic heterocycles. The van der Waals surface area contributed by atoms with E-state index >= 15 is 0 Å². The van der Waals surface area contributed by atoms with E-state index in [1.165, 1.54) is 0 Å². The van der Waals surface area contributed by atoms with Crippen molar-refractivity contribution in [3.05, 3.63) is 24.4 Å². The summed E-state index contributed by atoms with van der Waals surface area (Å²) in [5.41, 5.74) is 1.43. The van der Waals surface area contributed by atoms with Crippen LogP contribution in [0.25, 0.3) is 11.4 Å². The smallest absolute Gasteiger partial charge is 0.256 e. The Hall–Kier alpha value is -1.93. The molecule has 0 aliphatic carbocycles. The lowest BCUT2D eigenvalue weighted by molar-refractivity contribution is 0.360. The number of hydrogen-bond donors (Lipinski definition) is 0. The van der Waals surface area contributed by atoms with Gasteiger partial charge in [-0.3, -0.25) is 4.98 Å². The van der Waals surface area contributed by atoms with Gasteiger partial charge in [0.2, 0.25) is 0 Å². The van der Waals surface area contributed by atoms with Crippen molar-refractivity contribution < 1.29 is 4.74 Å². The summed E-state index contributed by atoms with van der Waals surface area (Å²) in [4.78, 5) is 4.20. The second kappa shape index (κ2) is 5.24. The molecule has 0 atom stereocenters. The second-order valence-electron chi connectivity index (χ2n) is 2.85. The largest absolute Gasteiger partial charge is 0.462 e. The van der Waals surface area contributed by atoms with Crippen molar-refractivity contribution >= 4 is 11.7 Å². The molecule has 0 N–H and O–H groups in total. The Kier molecular flexibility index (Phi) is 3.46. The van der Waals surface area contributed by atoms with Gasteiger partial charge in [0, 0.05) is 6.20 Å². The van der Waals surface area contributed by atoms with Crippen molar-refractivity contribution in [3.63, 3.8) is 0 Å². The van der Waals surface area contributed by atoms with E-state index in [2.05, 4.69) is 25.6 Å². The monoisotopic (exact) mass is 231 g/mol. The summed E-state index contributed by atoms with van der Waals surface area (Å²) in [5, 5.41) is 0. The lowest BCUT2D eigenvalue weighted by Crippen LogP contribution is -1.96. The molecule has 5 heteroatoms. The van der Waals surface area contributed by atoms with Crippen LogP contribution in [0.4, 0.5) is 0 Å². The highest BCUT2D eigenvalue weighted by Gasteiger charge is 2.11. The van der Waals surface area contributed by atoms with Gasteiger partial charge in [-0.05, 0) is 19.1 Å². The molecule has 0 saturated heterocycles. The van der Waals surface area contributed by atoms with Gasteiger partial charge in [0.15, 0.2) is 12.3 Å². The van der Waals surface area contributed by atoms with Crippen LogP contribution in [0.5, 0.6) is 5.88 Å². The average molecular weight is 231 g/mol. The third-order valence-electron chi connectivity index (χ3n) is 1.82. The van der Waals surface area contributed by atoms with E-state index in [0.717, 1.165) is 17.4 Å². The predicted octanol–water partition coefficient (Wildman–Crippen LogP) is 2.00. The zero-order valence-corrected chi connectivity index (χ0v) is 9.49. The second-order valence-corrected chi connectivity index (χ2v) is 3.38. The van der Waals surface area contributed by atoms with E-state index in [0.29, 0.717) is 18.2 Å². The highest BCUT2D eigenvalue weighted by Crippen LogP contribution is 2.25. The molecular formula is C11H9N3OS. The van der Waals surface area contributed by atoms with Gasteiger partial charge in [0.25, 0.3) is 5.88 Å². The molecule has 0 aromatic carbocycles. The minimum atomic E-state index is 0.321. The number of aromatic nitrogens is 3. The molecule has 0 bridgehead atoms. The van der Waals surface area contributed by atoms with Crippen LogP contribution in [-0.4, -0.2) is 20.3 Å². The van der Waals surface area contributed by atoms with Gasteiger partial charge in [-0.15, -0.1) is 10.3 Å². The molecular weight excluding hydrogens is 222 g/mol. The van der Waals surface area contributed by atoms with Crippen LogP contribution in [0.3, 0.4) is 0 Å². The van der Waals surface area contributed by atoms with E-state index in [1.54, 1.807) is 13.1 Å². The van der Waals surface area contributed by atoms with Gasteiger partial charge >= 0.3 is 0 Å². The van der Waals surface area contributed by atoms with Crippen molar-refractivity contribution in [1.29, 1.82) is 0 Å². The van der Waals surface area contributed by atoms with Crippen molar-refractivity contribution in [2.45, 2.75) is 6.92 Å². The molecule has 16 heavy (non-hydrogen) atoms. The standard InChI is InChI=1S/C11H9N3OS/c1-2-3-8-15-11-10(13-16-14-11)9-6-4-5-7-12-9/h4-7H,8H2,1H3. The first kappa shape index (κ1) is 10.6. The number of ether oxygens (including phenoxy) is 1. The molecule has 0 radical (unpaired) electrons. The van der Waals surface area contributed by atoms with Crippen molar-refractivity contribution in [2.75, 3.05) is 6.61 Å². The molecule has 0 aliphatic heterocycles. The Morgan fingerprint density at radius 1 is 1.38 bits per heavy atom. The molecule has 0 aliphatic rings. The fraction of sp³-hybridized carbons (Fsp3) is 0.182. The molecule has 0 saturated carbocycles. The fourth-order valence-electron chi connectivity index (χ4n) is 1.11. The van der Waals surface area contributed by atoms with Gasteiger partial charge in [0.05, 0.1) is 17.4 Å². The average Bonchev–Trinajstić information content (AvgIpc) is 2.79.